The van der Waals surface area contributed by atoms with E-state index in [1.807, 2.05) is 12.1 Å². The number of carbonyl (C=O) groups is 5. The summed E-state index contributed by atoms with van der Waals surface area (Å²) in [6, 6.07) is 10.9. The Morgan fingerprint density at radius 2 is 0.965 bits per heavy atom. The maximum Gasteiger partial charge on any atom is 0.330 e. The zero-order valence-electron chi connectivity index (χ0n) is 32.5. The number of hydrogen-bond donors (Lipinski definition) is 0. The summed E-state index contributed by atoms with van der Waals surface area (Å²) in [6.07, 6.45) is 15.5. The van der Waals surface area contributed by atoms with Gasteiger partial charge in [0.1, 0.15) is 17.3 Å². The normalized spacial score (nSPS) is 20.6. The summed E-state index contributed by atoms with van der Waals surface area (Å²) in [7, 11) is 0. The number of unbranched alkanes of at least 4 members (excludes halogenated alkanes) is 2. The zero-order chi connectivity index (χ0) is 40.7. The van der Waals surface area contributed by atoms with Gasteiger partial charge in [-0.05, 0) is 130 Å². The highest BCUT2D eigenvalue weighted by atomic mass is 16.6. The first-order valence-electron chi connectivity index (χ1n) is 19.9. The molecule has 2 saturated carbocycles. The van der Waals surface area contributed by atoms with E-state index in [9.17, 15) is 24.0 Å². The van der Waals surface area contributed by atoms with E-state index in [4.69, 9.17) is 34.8 Å². The Labute approximate surface area is 334 Å². The van der Waals surface area contributed by atoms with Crippen LogP contribution in [-0.4, -0.2) is 56.3 Å². The molecule has 0 amide bonds. The lowest BCUT2D eigenvalue weighted by Crippen LogP contribution is -2.29. The Morgan fingerprint density at radius 1 is 0.579 bits per heavy atom. The first-order chi connectivity index (χ1) is 27.6. The zero-order valence-corrected chi connectivity index (χ0v) is 32.5. The Kier molecular flexibility index (Phi) is 15.7. The molecule has 0 radical (unpaired) electrons. The molecule has 302 valence electrons. The first kappa shape index (κ1) is 42.5. The Hall–Kier alpha value is -5.63. The fraction of sp³-hybridized carbons (Fsp3) is 0.457. The molecule has 0 spiro atoms. The van der Waals surface area contributed by atoms with Gasteiger partial charge in [0.25, 0.3) is 0 Å². The molecule has 1 atom stereocenters. The summed E-state index contributed by atoms with van der Waals surface area (Å²) in [5.74, 6) is 0.885. The van der Waals surface area contributed by atoms with Crippen molar-refractivity contribution in [1.29, 1.82) is 0 Å². The Balaban J connectivity index is 1.05. The molecule has 3 aliphatic carbocycles. The predicted octanol–water partition coefficient (Wildman–Crippen LogP) is 7.95. The van der Waals surface area contributed by atoms with Crippen molar-refractivity contribution < 1.29 is 52.4 Å². The molecule has 11 heteroatoms. The molecule has 57 heavy (non-hydrogen) atoms. The maximum absolute atomic E-state index is 13.2. The Morgan fingerprint density at radius 3 is 1.35 bits per heavy atom. The molecule has 0 bridgehead atoms. The largest absolute Gasteiger partial charge is 0.494 e. The van der Waals surface area contributed by atoms with Crippen molar-refractivity contribution in [3.63, 3.8) is 0 Å². The van der Waals surface area contributed by atoms with Crippen LogP contribution in [0.3, 0.4) is 0 Å². The van der Waals surface area contributed by atoms with E-state index in [1.165, 1.54) is 0 Å². The van der Waals surface area contributed by atoms with Crippen LogP contribution >= 0.6 is 0 Å². The van der Waals surface area contributed by atoms with E-state index in [0.717, 1.165) is 34.8 Å². The van der Waals surface area contributed by atoms with Crippen LogP contribution in [0.4, 0.5) is 0 Å². The molecular weight excluding hydrogens is 728 g/mol. The van der Waals surface area contributed by atoms with Crippen molar-refractivity contribution in [3.8, 4) is 35.0 Å². The molecule has 1 unspecified atom stereocenters. The van der Waals surface area contributed by atoms with Crippen molar-refractivity contribution in [1.82, 2.24) is 0 Å². The molecule has 3 aliphatic rings. The first-order valence-corrected chi connectivity index (χ1v) is 19.9. The van der Waals surface area contributed by atoms with Gasteiger partial charge >= 0.3 is 29.8 Å². The van der Waals surface area contributed by atoms with Crippen LogP contribution in [0.1, 0.15) is 94.1 Å². The van der Waals surface area contributed by atoms with Gasteiger partial charge in [-0.3, -0.25) is 19.2 Å². The number of hydrogen-bond acceptors (Lipinski definition) is 11. The van der Waals surface area contributed by atoms with Crippen LogP contribution in [0, 0.1) is 36.0 Å². The lowest BCUT2D eigenvalue weighted by Gasteiger charge is -2.26. The number of ether oxygens (including phenoxy) is 6. The predicted molar refractivity (Wildman–Crippen MR) is 212 cm³/mol. The molecule has 0 heterocycles. The van der Waals surface area contributed by atoms with Crippen molar-refractivity contribution >= 4 is 29.8 Å². The summed E-state index contributed by atoms with van der Waals surface area (Å²) in [5, 5.41) is 0. The highest BCUT2D eigenvalue weighted by Crippen LogP contribution is 2.47. The number of rotatable bonds is 19. The monoisotopic (exact) mass is 780 g/mol. The second-order valence-electron chi connectivity index (χ2n) is 14.7. The summed E-state index contributed by atoms with van der Waals surface area (Å²) >= 11 is 0. The summed E-state index contributed by atoms with van der Waals surface area (Å²) in [4.78, 5) is 62.6. The average Bonchev–Trinajstić information content (AvgIpc) is 3.54. The van der Waals surface area contributed by atoms with Gasteiger partial charge in [-0.2, -0.15) is 0 Å². The van der Waals surface area contributed by atoms with Gasteiger partial charge in [-0.1, -0.05) is 37.8 Å². The fourth-order valence-electron chi connectivity index (χ4n) is 7.54. The minimum Gasteiger partial charge on any atom is -0.494 e. The second-order valence-corrected chi connectivity index (χ2v) is 14.7. The van der Waals surface area contributed by atoms with Gasteiger partial charge in [-0.15, -0.1) is 6.42 Å². The third kappa shape index (κ3) is 11.7. The van der Waals surface area contributed by atoms with Crippen molar-refractivity contribution in [3.05, 3.63) is 85.2 Å². The number of allylic oxidation sites excluding steroid dienone is 1. The number of benzene rings is 2. The van der Waals surface area contributed by atoms with E-state index in [2.05, 4.69) is 25.7 Å². The van der Waals surface area contributed by atoms with E-state index in [-0.39, 0.29) is 60.8 Å². The summed E-state index contributed by atoms with van der Waals surface area (Å²) in [6.45, 7) is 11.9. The van der Waals surface area contributed by atoms with Crippen LogP contribution in [0.25, 0.3) is 11.1 Å². The lowest BCUT2D eigenvalue weighted by atomic mass is 9.82. The number of terminal acetylenes is 1. The van der Waals surface area contributed by atoms with Crippen LogP contribution in [0.5, 0.6) is 11.5 Å². The van der Waals surface area contributed by atoms with Crippen LogP contribution < -0.4 is 9.47 Å². The van der Waals surface area contributed by atoms with Gasteiger partial charge in [0.15, 0.2) is 0 Å². The van der Waals surface area contributed by atoms with Crippen LogP contribution in [0.15, 0.2) is 74.0 Å². The van der Waals surface area contributed by atoms with Crippen LogP contribution in [-0.2, 0) is 42.9 Å². The third-order valence-electron chi connectivity index (χ3n) is 10.8. The molecule has 0 N–H and O–H groups in total. The highest BCUT2D eigenvalue weighted by Gasteiger charge is 2.35. The SMILES string of the molecule is C#CC1c2cc(OC(=O)C3CCC(C(=O)OCCCCOC(=C)C=C)CC3)ccc2-c2ccc(OC(=O)C3CCC(C(=O)OCCCCOC(=O)C=C)CC3)cc21. The third-order valence-corrected chi connectivity index (χ3v) is 10.8. The van der Waals surface area contributed by atoms with Gasteiger partial charge in [0.05, 0.1) is 56.0 Å². The molecular formula is C46H52O11. The van der Waals surface area contributed by atoms with Gasteiger partial charge < -0.3 is 28.4 Å². The summed E-state index contributed by atoms with van der Waals surface area (Å²) < 4.78 is 32.8. The number of fused-ring (bicyclic) bond motifs is 3. The average molecular weight is 781 g/mol. The van der Waals surface area contributed by atoms with Gasteiger partial charge in [0, 0.05) is 6.08 Å². The van der Waals surface area contributed by atoms with Crippen molar-refractivity contribution in [2.24, 2.45) is 23.7 Å². The molecule has 0 aromatic heterocycles. The van der Waals surface area contributed by atoms with Crippen LogP contribution in [0.2, 0.25) is 0 Å². The molecule has 0 saturated heterocycles. The minimum absolute atomic E-state index is 0.229. The second kappa shape index (κ2) is 21.1. The van der Waals surface area contributed by atoms with Gasteiger partial charge in [-0.25, -0.2) is 4.79 Å². The van der Waals surface area contributed by atoms with Gasteiger partial charge in [0.2, 0.25) is 0 Å². The number of esters is 5. The van der Waals surface area contributed by atoms with E-state index in [0.29, 0.717) is 101 Å². The smallest absolute Gasteiger partial charge is 0.330 e. The quantitative estimate of drug-likeness (QED) is 0.0201. The van der Waals surface area contributed by atoms with E-state index in [1.54, 1.807) is 30.3 Å². The fourth-order valence-corrected chi connectivity index (χ4v) is 7.54. The molecule has 11 nitrogen and oxygen atoms in total. The van der Waals surface area contributed by atoms with Crippen molar-refractivity contribution in [2.45, 2.75) is 83.0 Å². The Bertz CT molecular complexity index is 1730. The molecule has 2 aromatic rings. The number of carbonyl (C=O) groups excluding carboxylic acids is 5. The molecule has 2 aromatic carbocycles. The molecule has 2 fully saturated rings. The highest BCUT2D eigenvalue weighted by molar-refractivity contribution is 5.84. The maximum atomic E-state index is 13.2. The van der Waals surface area contributed by atoms with Crippen molar-refractivity contribution in [2.75, 3.05) is 26.4 Å². The topological polar surface area (TPSA) is 141 Å². The standard InChI is InChI=1S/C46H52O11/c1-5-30(4)52-24-8-10-26-54-43(48)31-12-16-33(17-13-31)45(50)56-35-20-22-38-39-23-21-36(29-41(39)37(6-2)40(38)28-35)57-46(51)34-18-14-32(15-19-34)44(49)55-27-11-9-25-53-42(47)7-3/h2,5,7,20-23,28-29,31-34,37H,1,3-4,8-19,24-27H2. The minimum atomic E-state index is -0.480. The lowest BCUT2D eigenvalue weighted by molar-refractivity contribution is -0.152. The molecule has 5 rings (SSSR count). The summed E-state index contributed by atoms with van der Waals surface area (Å²) in [5.41, 5.74) is 3.48. The molecule has 0 aliphatic heterocycles. The van der Waals surface area contributed by atoms with E-state index < -0.39 is 11.9 Å². The van der Waals surface area contributed by atoms with E-state index >= 15 is 0 Å².